The summed E-state index contributed by atoms with van der Waals surface area (Å²) in [7, 11) is 2.04. The van der Waals surface area contributed by atoms with Crippen molar-refractivity contribution in [2.45, 2.75) is 76.9 Å². The van der Waals surface area contributed by atoms with Crippen LogP contribution in [0.25, 0.3) is 0 Å². The number of carbonyl (C=O) groups excluding carboxylic acids is 1. The van der Waals surface area contributed by atoms with E-state index in [1.807, 2.05) is 7.05 Å². The summed E-state index contributed by atoms with van der Waals surface area (Å²) in [5, 5.41) is 3.40. The molecular weight excluding hydrogens is 224 g/mol. The van der Waals surface area contributed by atoms with E-state index in [-0.39, 0.29) is 0 Å². The van der Waals surface area contributed by atoms with E-state index >= 15 is 0 Å². The largest absolute Gasteiger partial charge is 0.337 e. The smallest absolute Gasteiger partial charge is 0.223 e. The minimum atomic E-state index is 0.402. The van der Waals surface area contributed by atoms with E-state index in [4.69, 9.17) is 0 Å². The summed E-state index contributed by atoms with van der Waals surface area (Å²) >= 11 is 0. The summed E-state index contributed by atoms with van der Waals surface area (Å²) in [4.78, 5) is 14.7. The van der Waals surface area contributed by atoms with Gasteiger partial charge in [-0.05, 0) is 52.0 Å². The van der Waals surface area contributed by atoms with E-state index in [0.29, 0.717) is 30.0 Å². The van der Waals surface area contributed by atoms with Crippen molar-refractivity contribution in [2.24, 2.45) is 5.92 Å². The average molecular weight is 252 g/mol. The number of nitrogens with zero attached hydrogens (tertiary/aromatic N) is 1. The lowest BCUT2D eigenvalue weighted by Crippen LogP contribution is -2.54. The zero-order valence-corrected chi connectivity index (χ0v) is 12.1. The Hall–Kier alpha value is -0.570. The van der Waals surface area contributed by atoms with E-state index in [0.717, 1.165) is 25.7 Å². The maximum absolute atomic E-state index is 12.4. The molecule has 1 N–H and O–H groups in total. The number of carbonyl (C=O) groups is 1. The van der Waals surface area contributed by atoms with Crippen molar-refractivity contribution in [2.75, 3.05) is 7.05 Å². The van der Waals surface area contributed by atoms with Crippen molar-refractivity contribution in [3.8, 4) is 0 Å². The number of likely N-dealkylation sites (tertiary alicyclic amines) is 1. The molecule has 0 aromatic carbocycles. The molecule has 3 nitrogen and oxygen atoms in total. The second kappa shape index (κ2) is 6.05. The Morgan fingerprint density at radius 2 is 2.06 bits per heavy atom. The fourth-order valence-corrected chi connectivity index (χ4v) is 3.37. The zero-order valence-electron chi connectivity index (χ0n) is 12.1. The van der Waals surface area contributed by atoms with Gasteiger partial charge in [-0.25, -0.2) is 0 Å². The Morgan fingerprint density at radius 1 is 1.33 bits per heavy atom. The van der Waals surface area contributed by atoms with Crippen LogP contribution < -0.4 is 5.32 Å². The molecule has 1 saturated heterocycles. The summed E-state index contributed by atoms with van der Waals surface area (Å²) in [5.74, 6) is 1.12. The molecule has 0 radical (unpaired) electrons. The standard InChI is InChI=1S/C15H28N2O/c1-4-5-14-10-13(16-3)8-11(2)17(14)15(18)9-12-6-7-12/h11-14,16H,4-10H2,1-3H3. The Labute approximate surface area is 111 Å². The predicted molar refractivity (Wildman–Crippen MR) is 74.4 cm³/mol. The predicted octanol–water partition coefficient (Wildman–Crippen LogP) is 2.55. The van der Waals surface area contributed by atoms with Gasteiger partial charge >= 0.3 is 0 Å². The van der Waals surface area contributed by atoms with Crippen molar-refractivity contribution >= 4 is 5.91 Å². The number of hydrogen-bond acceptors (Lipinski definition) is 2. The maximum Gasteiger partial charge on any atom is 0.223 e. The van der Waals surface area contributed by atoms with Crippen LogP contribution in [-0.4, -0.2) is 36.0 Å². The highest BCUT2D eigenvalue weighted by Gasteiger charge is 2.37. The van der Waals surface area contributed by atoms with Gasteiger partial charge in [-0.1, -0.05) is 13.3 Å². The van der Waals surface area contributed by atoms with Crippen LogP contribution in [0.4, 0.5) is 0 Å². The van der Waals surface area contributed by atoms with E-state index in [9.17, 15) is 4.79 Å². The van der Waals surface area contributed by atoms with Crippen molar-refractivity contribution in [3.63, 3.8) is 0 Å². The van der Waals surface area contributed by atoms with Crippen molar-refractivity contribution in [3.05, 3.63) is 0 Å². The van der Waals surface area contributed by atoms with Gasteiger partial charge in [0.15, 0.2) is 0 Å². The van der Waals surface area contributed by atoms with Crippen LogP contribution in [0.1, 0.15) is 58.8 Å². The molecule has 1 saturated carbocycles. The Kier molecular flexibility index (Phi) is 4.66. The number of nitrogens with one attached hydrogen (secondary N) is 1. The summed E-state index contributed by atoms with van der Waals surface area (Å²) in [5.41, 5.74) is 0. The van der Waals surface area contributed by atoms with E-state index in [1.165, 1.54) is 19.3 Å². The molecule has 0 aromatic heterocycles. The van der Waals surface area contributed by atoms with Gasteiger partial charge in [-0.15, -0.1) is 0 Å². The van der Waals surface area contributed by atoms with Gasteiger partial charge in [-0.3, -0.25) is 4.79 Å². The number of rotatable bonds is 5. The van der Waals surface area contributed by atoms with Crippen molar-refractivity contribution in [1.82, 2.24) is 10.2 Å². The topological polar surface area (TPSA) is 32.3 Å². The molecule has 3 unspecified atom stereocenters. The lowest BCUT2D eigenvalue weighted by Gasteiger charge is -2.44. The lowest BCUT2D eigenvalue weighted by atomic mass is 9.89. The SMILES string of the molecule is CCCC1CC(NC)CC(C)N1C(=O)CC1CC1. The molecule has 104 valence electrons. The van der Waals surface area contributed by atoms with E-state index < -0.39 is 0 Å². The van der Waals surface area contributed by atoms with Crippen LogP contribution in [0.3, 0.4) is 0 Å². The highest BCUT2D eigenvalue weighted by molar-refractivity contribution is 5.77. The first-order valence-electron chi connectivity index (χ1n) is 7.64. The zero-order chi connectivity index (χ0) is 13.1. The Balaban J connectivity index is 2.00. The van der Waals surface area contributed by atoms with Gasteiger partial charge in [0.25, 0.3) is 0 Å². The quantitative estimate of drug-likeness (QED) is 0.815. The number of amides is 1. The maximum atomic E-state index is 12.4. The van der Waals surface area contributed by atoms with Crippen molar-refractivity contribution in [1.29, 1.82) is 0 Å². The van der Waals surface area contributed by atoms with Gasteiger partial charge in [0.2, 0.25) is 5.91 Å². The van der Waals surface area contributed by atoms with Gasteiger partial charge in [-0.2, -0.15) is 0 Å². The molecule has 1 amide bonds. The second-order valence-corrected chi connectivity index (χ2v) is 6.20. The highest BCUT2D eigenvalue weighted by atomic mass is 16.2. The molecule has 3 atom stereocenters. The lowest BCUT2D eigenvalue weighted by molar-refractivity contribution is -0.138. The van der Waals surface area contributed by atoms with Crippen LogP contribution in [0, 0.1) is 5.92 Å². The van der Waals surface area contributed by atoms with Gasteiger partial charge in [0.05, 0.1) is 0 Å². The molecule has 2 rings (SSSR count). The summed E-state index contributed by atoms with van der Waals surface area (Å²) in [6.45, 7) is 4.44. The first-order valence-corrected chi connectivity index (χ1v) is 7.64. The molecule has 0 bridgehead atoms. The monoisotopic (exact) mass is 252 g/mol. The molecule has 1 heterocycles. The number of hydrogen-bond donors (Lipinski definition) is 1. The molecule has 2 fully saturated rings. The molecule has 18 heavy (non-hydrogen) atoms. The molecule has 1 aliphatic heterocycles. The van der Waals surface area contributed by atoms with E-state index in [2.05, 4.69) is 24.1 Å². The third-order valence-electron chi connectivity index (χ3n) is 4.53. The molecule has 0 spiro atoms. The minimum absolute atomic E-state index is 0.402. The Bertz CT molecular complexity index is 288. The Morgan fingerprint density at radius 3 is 2.61 bits per heavy atom. The van der Waals surface area contributed by atoms with Gasteiger partial charge in [0, 0.05) is 24.5 Å². The van der Waals surface area contributed by atoms with Gasteiger partial charge < -0.3 is 10.2 Å². The molecule has 3 heteroatoms. The third kappa shape index (κ3) is 3.25. The number of piperidine rings is 1. The van der Waals surface area contributed by atoms with Crippen LogP contribution in [0.2, 0.25) is 0 Å². The van der Waals surface area contributed by atoms with Gasteiger partial charge in [0.1, 0.15) is 0 Å². The molecule has 2 aliphatic rings. The third-order valence-corrected chi connectivity index (χ3v) is 4.53. The molecule has 1 aliphatic carbocycles. The normalized spacial score (nSPS) is 32.6. The highest BCUT2D eigenvalue weighted by Crippen LogP contribution is 2.35. The molecule has 0 aromatic rings. The fourth-order valence-electron chi connectivity index (χ4n) is 3.37. The van der Waals surface area contributed by atoms with Crippen molar-refractivity contribution < 1.29 is 4.79 Å². The van der Waals surface area contributed by atoms with Crippen LogP contribution >= 0.6 is 0 Å². The summed E-state index contributed by atoms with van der Waals surface area (Å²) in [6, 6.07) is 1.45. The van der Waals surface area contributed by atoms with Crippen LogP contribution in [0.5, 0.6) is 0 Å². The first-order chi connectivity index (χ1) is 8.65. The second-order valence-electron chi connectivity index (χ2n) is 6.20. The van der Waals surface area contributed by atoms with Crippen LogP contribution in [0.15, 0.2) is 0 Å². The molecular formula is C15H28N2O. The van der Waals surface area contributed by atoms with E-state index in [1.54, 1.807) is 0 Å². The summed E-state index contributed by atoms with van der Waals surface area (Å²) < 4.78 is 0. The van der Waals surface area contributed by atoms with Crippen LogP contribution in [-0.2, 0) is 4.79 Å². The fraction of sp³-hybridized carbons (Fsp3) is 0.933. The minimum Gasteiger partial charge on any atom is -0.337 e. The summed E-state index contributed by atoms with van der Waals surface area (Å²) in [6.07, 6.45) is 7.89. The average Bonchev–Trinajstić information content (AvgIpc) is 3.12. The first kappa shape index (κ1) is 13.9.